The molecule has 8 nitrogen and oxygen atoms in total. The van der Waals surface area contributed by atoms with Crippen LogP contribution in [0.2, 0.25) is 0 Å². The molecule has 29 heavy (non-hydrogen) atoms. The number of aromatic nitrogens is 1. The number of amides is 1. The molecule has 1 N–H and O–H groups in total. The molecule has 1 fully saturated rings. The van der Waals surface area contributed by atoms with Crippen molar-refractivity contribution in [3.05, 3.63) is 60.0 Å². The standard InChI is InChI=1S/C21H22N4O4/c1-24-8-10-25(11-9-24)14-18(26)15-4-6-16(7-5-15)22-21(27)17-13-20(29-23-17)19-3-2-12-28-19/h2-7,12-13H,8-11,14H2,1H3,(H,22,27). The summed E-state index contributed by atoms with van der Waals surface area (Å²) in [5, 5.41) is 6.52. The van der Waals surface area contributed by atoms with Gasteiger partial charge in [-0.1, -0.05) is 5.16 Å². The van der Waals surface area contributed by atoms with Crippen molar-refractivity contribution >= 4 is 17.4 Å². The summed E-state index contributed by atoms with van der Waals surface area (Å²) < 4.78 is 10.4. The van der Waals surface area contributed by atoms with Crippen LogP contribution >= 0.6 is 0 Å². The smallest absolute Gasteiger partial charge is 0.277 e. The number of piperazine rings is 1. The topological polar surface area (TPSA) is 91.8 Å². The van der Waals surface area contributed by atoms with Crippen LogP contribution in [0.4, 0.5) is 5.69 Å². The van der Waals surface area contributed by atoms with Gasteiger partial charge in [-0.25, -0.2) is 0 Å². The summed E-state index contributed by atoms with van der Waals surface area (Å²) in [7, 11) is 2.09. The number of anilines is 1. The van der Waals surface area contributed by atoms with Crippen LogP contribution in [-0.2, 0) is 0 Å². The van der Waals surface area contributed by atoms with E-state index >= 15 is 0 Å². The maximum atomic E-state index is 12.5. The van der Waals surface area contributed by atoms with E-state index in [9.17, 15) is 9.59 Å². The Kier molecular flexibility index (Phi) is 5.55. The number of nitrogens with zero attached hydrogens (tertiary/aromatic N) is 3. The van der Waals surface area contributed by atoms with Crippen molar-refractivity contribution in [3.8, 4) is 11.5 Å². The number of rotatable bonds is 6. The lowest BCUT2D eigenvalue weighted by Gasteiger charge is -2.31. The molecule has 0 aliphatic carbocycles. The summed E-state index contributed by atoms with van der Waals surface area (Å²) in [4.78, 5) is 29.3. The van der Waals surface area contributed by atoms with Gasteiger partial charge in [0.2, 0.25) is 5.76 Å². The van der Waals surface area contributed by atoms with Crippen LogP contribution in [0.3, 0.4) is 0 Å². The van der Waals surface area contributed by atoms with Crippen molar-refractivity contribution in [2.75, 3.05) is 45.1 Å². The van der Waals surface area contributed by atoms with Crippen molar-refractivity contribution in [2.45, 2.75) is 0 Å². The lowest BCUT2D eigenvalue weighted by molar-refractivity contribution is 0.0876. The second-order valence-corrected chi connectivity index (χ2v) is 7.09. The van der Waals surface area contributed by atoms with Crippen molar-refractivity contribution < 1.29 is 18.5 Å². The van der Waals surface area contributed by atoms with Crippen molar-refractivity contribution in [2.24, 2.45) is 0 Å². The zero-order valence-electron chi connectivity index (χ0n) is 16.1. The van der Waals surface area contributed by atoms with E-state index in [0.29, 0.717) is 29.3 Å². The highest BCUT2D eigenvalue weighted by Crippen LogP contribution is 2.21. The largest absolute Gasteiger partial charge is 0.461 e. The first-order valence-corrected chi connectivity index (χ1v) is 9.44. The summed E-state index contributed by atoms with van der Waals surface area (Å²) in [5.74, 6) is 0.555. The second-order valence-electron chi connectivity index (χ2n) is 7.09. The minimum absolute atomic E-state index is 0.0759. The Labute approximate surface area is 168 Å². The van der Waals surface area contributed by atoms with E-state index in [1.807, 2.05) is 0 Å². The third kappa shape index (κ3) is 4.61. The van der Waals surface area contributed by atoms with Gasteiger partial charge < -0.3 is 19.2 Å². The Morgan fingerprint density at radius 2 is 1.83 bits per heavy atom. The number of ketones is 1. The van der Waals surface area contributed by atoms with Gasteiger partial charge in [0.05, 0.1) is 12.8 Å². The maximum Gasteiger partial charge on any atom is 0.277 e. The van der Waals surface area contributed by atoms with Crippen molar-refractivity contribution in [1.29, 1.82) is 0 Å². The molecule has 3 aromatic rings. The highest BCUT2D eigenvalue weighted by molar-refractivity contribution is 6.03. The predicted molar refractivity (Wildman–Crippen MR) is 107 cm³/mol. The van der Waals surface area contributed by atoms with Gasteiger partial charge in [-0.15, -0.1) is 0 Å². The summed E-state index contributed by atoms with van der Waals surface area (Å²) in [6, 6.07) is 11.8. The summed E-state index contributed by atoms with van der Waals surface area (Å²) >= 11 is 0. The Hall–Kier alpha value is -3.23. The number of nitrogens with one attached hydrogen (secondary N) is 1. The molecule has 0 atom stereocenters. The zero-order chi connectivity index (χ0) is 20.2. The average molecular weight is 394 g/mol. The van der Waals surface area contributed by atoms with Gasteiger partial charge in [0.1, 0.15) is 0 Å². The fourth-order valence-corrected chi connectivity index (χ4v) is 3.15. The molecule has 0 saturated carbocycles. The van der Waals surface area contributed by atoms with E-state index in [1.54, 1.807) is 36.4 Å². The molecule has 1 aromatic carbocycles. The number of likely N-dealkylation sites (N-methyl/N-ethyl adjacent to an activating group) is 1. The molecule has 0 spiro atoms. The number of carbonyl (C=O) groups excluding carboxylic acids is 2. The molecule has 0 radical (unpaired) electrons. The summed E-state index contributed by atoms with van der Waals surface area (Å²) in [6.45, 7) is 4.15. The summed E-state index contributed by atoms with van der Waals surface area (Å²) in [6.07, 6.45) is 1.52. The van der Waals surface area contributed by atoms with E-state index in [2.05, 4.69) is 27.3 Å². The van der Waals surface area contributed by atoms with Crippen LogP contribution < -0.4 is 5.32 Å². The van der Waals surface area contributed by atoms with Crippen molar-refractivity contribution in [3.63, 3.8) is 0 Å². The molecule has 8 heteroatoms. The van der Waals surface area contributed by atoms with Crippen LogP contribution in [0.5, 0.6) is 0 Å². The van der Waals surface area contributed by atoms with Crippen LogP contribution in [0.15, 0.2) is 57.7 Å². The summed E-state index contributed by atoms with van der Waals surface area (Å²) in [5.41, 5.74) is 1.35. The van der Waals surface area contributed by atoms with Crippen LogP contribution in [0.1, 0.15) is 20.8 Å². The second kappa shape index (κ2) is 8.42. The highest BCUT2D eigenvalue weighted by atomic mass is 16.5. The third-order valence-corrected chi connectivity index (χ3v) is 4.93. The normalized spacial score (nSPS) is 15.3. The number of Topliss-reactive ketones (excluding diaryl/α,β-unsaturated/α-hetero) is 1. The monoisotopic (exact) mass is 394 g/mol. The zero-order valence-corrected chi connectivity index (χ0v) is 16.1. The van der Waals surface area contributed by atoms with Crippen molar-refractivity contribution in [1.82, 2.24) is 15.0 Å². The van der Waals surface area contributed by atoms with Gasteiger partial charge in [0.25, 0.3) is 5.91 Å². The molecule has 3 heterocycles. The Bertz CT molecular complexity index is 971. The molecular weight excluding hydrogens is 372 g/mol. The van der Waals surface area contributed by atoms with Gasteiger partial charge in [-0.3, -0.25) is 14.5 Å². The Balaban J connectivity index is 1.34. The number of furan rings is 1. The van der Waals surface area contributed by atoms with E-state index in [0.717, 1.165) is 26.2 Å². The lowest BCUT2D eigenvalue weighted by Crippen LogP contribution is -2.46. The molecular formula is C21H22N4O4. The van der Waals surface area contributed by atoms with Crippen LogP contribution in [-0.4, -0.2) is 66.4 Å². The molecule has 0 unspecified atom stereocenters. The first-order chi connectivity index (χ1) is 14.1. The number of hydrogen-bond acceptors (Lipinski definition) is 7. The third-order valence-electron chi connectivity index (χ3n) is 4.93. The van der Waals surface area contributed by atoms with Gasteiger partial charge in [0, 0.05) is 43.5 Å². The molecule has 0 bridgehead atoms. The average Bonchev–Trinajstić information content (AvgIpc) is 3.42. The molecule has 1 aliphatic heterocycles. The van der Waals surface area contributed by atoms with Gasteiger partial charge >= 0.3 is 0 Å². The van der Waals surface area contributed by atoms with E-state index in [4.69, 9.17) is 8.94 Å². The first kappa shape index (κ1) is 19.1. The lowest BCUT2D eigenvalue weighted by atomic mass is 10.1. The molecule has 150 valence electrons. The number of benzene rings is 1. The van der Waals surface area contributed by atoms with Gasteiger partial charge in [-0.2, -0.15) is 0 Å². The fourth-order valence-electron chi connectivity index (χ4n) is 3.15. The molecule has 1 amide bonds. The Morgan fingerprint density at radius 3 is 2.52 bits per heavy atom. The van der Waals surface area contributed by atoms with Gasteiger partial charge in [0.15, 0.2) is 17.2 Å². The SMILES string of the molecule is CN1CCN(CC(=O)c2ccc(NC(=O)c3cc(-c4ccco4)on3)cc2)CC1. The molecule has 2 aromatic heterocycles. The minimum atomic E-state index is -0.400. The van der Waals surface area contributed by atoms with Crippen LogP contribution in [0, 0.1) is 0 Å². The van der Waals surface area contributed by atoms with E-state index in [1.165, 1.54) is 12.3 Å². The van der Waals surface area contributed by atoms with Crippen LogP contribution in [0.25, 0.3) is 11.5 Å². The molecule has 1 saturated heterocycles. The van der Waals surface area contributed by atoms with E-state index in [-0.39, 0.29) is 11.5 Å². The minimum Gasteiger partial charge on any atom is -0.461 e. The maximum absolute atomic E-state index is 12.5. The molecule has 1 aliphatic rings. The quantitative estimate of drug-likeness (QED) is 0.643. The number of hydrogen-bond donors (Lipinski definition) is 1. The van der Waals surface area contributed by atoms with E-state index < -0.39 is 5.91 Å². The highest BCUT2D eigenvalue weighted by Gasteiger charge is 2.18. The Morgan fingerprint density at radius 1 is 1.07 bits per heavy atom. The first-order valence-electron chi connectivity index (χ1n) is 9.44. The predicted octanol–water partition coefficient (Wildman–Crippen LogP) is 2.62. The molecule has 4 rings (SSSR count). The fraction of sp³-hybridized carbons (Fsp3) is 0.286. The van der Waals surface area contributed by atoms with Gasteiger partial charge in [-0.05, 0) is 43.4 Å². The number of carbonyl (C=O) groups is 2.